The molecule has 0 amide bonds. The molecule has 28 heavy (non-hydrogen) atoms. The van der Waals surface area contributed by atoms with Crippen LogP contribution >= 0.6 is 0 Å². The predicted octanol–water partition coefficient (Wildman–Crippen LogP) is 4.00. The van der Waals surface area contributed by atoms with E-state index >= 15 is 0 Å². The second-order valence-corrected chi connectivity index (χ2v) is 7.20. The largest absolute Gasteiger partial charge is 0.493 e. The van der Waals surface area contributed by atoms with Gasteiger partial charge in [-0.25, -0.2) is 0 Å². The first-order chi connectivity index (χ1) is 13.4. The number of hydrogen-bond acceptors (Lipinski definition) is 6. The highest BCUT2D eigenvalue weighted by molar-refractivity contribution is 5.91. The van der Waals surface area contributed by atoms with Gasteiger partial charge in [-0.2, -0.15) is 0 Å². The summed E-state index contributed by atoms with van der Waals surface area (Å²) in [5, 5.41) is 0. The molecular formula is C22H28O6. The van der Waals surface area contributed by atoms with Gasteiger partial charge in [-0.05, 0) is 17.7 Å². The van der Waals surface area contributed by atoms with Crippen molar-refractivity contribution in [3.8, 4) is 17.2 Å². The van der Waals surface area contributed by atoms with Crippen molar-refractivity contribution >= 4 is 5.78 Å². The van der Waals surface area contributed by atoms with Crippen LogP contribution in [0.15, 0.2) is 36.1 Å². The van der Waals surface area contributed by atoms with Gasteiger partial charge >= 0.3 is 0 Å². The Morgan fingerprint density at radius 1 is 1.18 bits per heavy atom. The lowest BCUT2D eigenvalue weighted by Crippen LogP contribution is -2.43. The second-order valence-electron chi connectivity index (χ2n) is 7.20. The summed E-state index contributed by atoms with van der Waals surface area (Å²) in [5.41, 5.74) is 1.19. The summed E-state index contributed by atoms with van der Waals surface area (Å²) in [6, 6.07) is 3.80. The monoisotopic (exact) mass is 388 g/mol. The highest BCUT2D eigenvalue weighted by Gasteiger charge is 2.48. The van der Waals surface area contributed by atoms with Gasteiger partial charge in [-0.3, -0.25) is 4.79 Å². The van der Waals surface area contributed by atoms with Crippen LogP contribution in [0, 0.1) is 5.92 Å². The molecule has 3 rings (SSSR count). The van der Waals surface area contributed by atoms with Crippen LogP contribution in [0.5, 0.6) is 17.2 Å². The van der Waals surface area contributed by atoms with Crippen LogP contribution in [-0.4, -0.2) is 39.8 Å². The summed E-state index contributed by atoms with van der Waals surface area (Å²) in [6.45, 7) is 5.90. The molecular weight excluding hydrogens is 360 g/mol. The zero-order valence-corrected chi connectivity index (χ0v) is 17.2. The topological polar surface area (TPSA) is 63.2 Å². The van der Waals surface area contributed by atoms with Crippen LogP contribution in [0.25, 0.3) is 0 Å². The number of allylic oxidation sites excluding steroid dienone is 1. The van der Waals surface area contributed by atoms with E-state index in [1.54, 1.807) is 34.5 Å². The molecule has 0 spiro atoms. The number of carbonyl (C=O) groups is 1. The van der Waals surface area contributed by atoms with Gasteiger partial charge in [0.1, 0.15) is 17.5 Å². The van der Waals surface area contributed by atoms with Crippen molar-refractivity contribution in [1.29, 1.82) is 0 Å². The Morgan fingerprint density at radius 2 is 1.82 bits per heavy atom. The average molecular weight is 388 g/mol. The third-order valence-electron chi connectivity index (χ3n) is 5.82. The van der Waals surface area contributed by atoms with E-state index < -0.39 is 5.60 Å². The van der Waals surface area contributed by atoms with Crippen molar-refractivity contribution in [2.75, 3.05) is 28.4 Å². The van der Waals surface area contributed by atoms with E-state index in [0.717, 1.165) is 16.9 Å². The Morgan fingerprint density at radius 3 is 2.32 bits per heavy atom. The van der Waals surface area contributed by atoms with Crippen LogP contribution in [0.2, 0.25) is 0 Å². The minimum absolute atomic E-state index is 0.0337. The van der Waals surface area contributed by atoms with Gasteiger partial charge in [0.25, 0.3) is 0 Å². The quantitative estimate of drug-likeness (QED) is 0.658. The molecule has 2 aliphatic rings. The first-order valence-corrected chi connectivity index (χ1v) is 9.32. The lowest BCUT2D eigenvalue weighted by atomic mass is 9.76. The fraction of sp³-hybridized carbons (Fsp3) is 0.500. The van der Waals surface area contributed by atoms with E-state index in [0.29, 0.717) is 30.1 Å². The number of methoxy groups -OCH3 is 4. The van der Waals surface area contributed by atoms with Crippen molar-refractivity contribution in [3.05, 3.63) is 41.7 Å². The molecule has 3 unspecified atom stereocenters. The van der Waals surface area contributed by atoms with Crippen molar-refractivity contribution in [1.82, 2.24) is 0 Å². The minimum Gasteiger partial charge on any atom is -0.493 e. The number of ketones is 1. The molecule has 0 aromatic heterocycles. The van der Waals surface area contributed by atoms with Gasteiger partial charge in [-0.15, -0.1) is 6.58 Å². The molecule has 1 aromatic rings. The molecule has 3 atom stereocenters. The van der Waals surface area contributed by atoms with Gasteiger partial charge in [0.05, 0.1) is 27.8 Å². The average Bonchev–Trinajstić information content (AvgIpc) is 3.02. The Bertz CT molecular complexity index is 786. The Labute approximate surface area is 166 Å². The Balaban J connectivity index is 1.95. The van der Waals surface area contributed by atoms with Crippen LogP contribution < -0.4 is 14.2 Å². The molecule has 1 aliphatic carbocycles. The zero-order valence-electron chi connectivity index (χ0n) is 17.2. The first kappa shape index (κ1) is 20.3. The van der Waals surface area contributed by atoms with Crippen LogP contribution in [0.4, 0.5) is 0 Å². The molecule has 152 valence electrons. The van der Waals surface area contributed by atoms with Crippen molar-refractivity contribution in [2.24, 2.45) is 5.92 Å². The molecule has 0 N–H and O–H groups in total. The van der Waals surface area contributed by atoms with E-state index in [-0.39, 0.29) is 24.2 Å². The number of hydrogen-bond donors (Lipinski definition) is 0. The van der Waals surface area contributed by atoms with E-state index in [2.05, 4.69) is 13.5 Å². The molecule has 0 bridgehead atoms. The highest BCUT2D eigenvalue weighted by Crippen LogP contribution is 2.51. The fourth-order valence-electron chi connectivity index (χ4n) is 4.21. The summed E-state index contributed by atoms with van der Waals surface area (Å²) in [5.74, 6) is 2.57. The summed E-state index contributed by atoms with van der Waals surface area (Å²) >= 11 is 0. The molecule has 0 saturated carbocycles. The summed E-state index contributed by atoms with van der Waals surface area (Å²) < 4.78 is 28.3. The van der Waals surface area contributed by atoms with Crippen LogP contribution in [0.3, 0.4) is 0 Å². The lowest BCUT2D eigenvalue weighted by molar-refractivity contribution is -0.141. The number of rotatable bonds is 7. The summed E-state index contributed by atoms with van der Waals surface area (Å²) in [7, 11) is 6.34. The van der Waals surface area contributed by atoms with Gasteiger partial charge in [-0.1, -0.05) is 13.0 Å². The maximum Gasteiger partial charge on any atom is 0.203 e. The third kappa shape index (κ3) is 3.15. The molecule has 6 heteroatoms. The fourth-order valence-corrected chi connectivity index (χ4v) is 4.21. The molecule has 1 heterocycles. The van der Waals surface area contributed by atoms with Gasteiger partial charge in [0.15, 0.2) is 17.3 Å². The molecule has 1 aromatic carbocycles. The molecule has 6 nitrogen and oxygen atoms in total. The maximum atomic E-state index is 12.8. The highest BCUT2D eigenvalue weighted by atomic mass is 16.5. The van der Waals surface area contributed by atoms with Crippen molar-refractivity contribution < 1.29 is 28.5 Å². The maximum absolute atomic E-state index is 12.8. The summed E-state index contributed by atoms with van der Waals surface area (Å²) in [4.78, 5) is 12.8. The lowest BCUT2D eigenvalue weighted by Gasteiger charge is -2.34. The number of benzene rings is 1. The van der Waals surface area contributed by atoms with E-state index in [9.17, 15) is 4.79 Å². The number of carbonyl (C=O) groups excluding carboxylic acids is 1. The number of ether oxygens (including phenoxy) is 5. The third-order valence-corrected chi connectivity index (χ3v) is 5.82. The molecule has 0 radical (unpaired) electrons. The summed E-state index contributed by atoms with van der Waals surface area (Å²) in [6.07, 6.45) is 2.75. The number of Topliss-reactive ketones (excluding diaryl/α,β-unsaturated/α-hetero) is 1. The van der Waals surface area contributed by atoms with Crippen molar-refractivity contribution in [2.45, 2.75) is 37.9 Å². The van der Waals surface area contributed by atoms with Crippen LogP contribution in [0.1, 0.15) is 37.9 Å². The van der Waals surface area contributed by atoms with Crippen molar-refractivity contribution in [3.63, 3.8) is 0 Å². The SMILES string of the molecule is C=CCC1(OC)CC2=C(CC1=O)OC(c1cc(OC)c(OC)c(OC)c1)C2C. The van der Waals surface area contributed by atoms with E-state index in [1.807, 2.05) is 12.1 Å². The standard InChI is InChI=1S/C22H28O6/c1-7-8-22(27-6)12-15-13(2)20(28-16(15)11-19(22)23)14-9-17(24-3)21(26-5)18(10-14)25-4/h7,9-10,13,20H,1,8,11-12H2,2-6H3. The minimum atomic E-state index is -0.845. The zero-order chi connectivity index (χ0) is 20.5. The molecule has 0 fully saturated rings. The second kappa shape index (κ2) is 7.87. The van der Waals surface area contributed by atoms with E-state index in [1.165, 1.54) is 0 Å². The molecule has 0 saturated heterocycles. The van der Waals surface area contributed by atoms with Gasteiger partial charge in [0, 0.05) is 31.4 Å². The van der Waals surface area contributed by atoms with Crippen LogP contribution in [-0.2, 0) is 14.3 Å². The van der Waals surface area contributed by atoms with Gasteiger partial charge in [0.2, 0.25) is 5.75 Å². The Kier molecular flexibility index (Phi) is 5.70. The van der Waals surface area contributed by atoms with Gasteiger partial charge < -0.3 is 23.7 Å². The molecule has 1 aliphatic heterocycles. The smallest absolute Gasteiger partial charge is 0.203 e. The first-order valence-electron chi connectivity index (χ1n) is 9.32. The predicted molar refractivity (Wildman–Crippen MR) is 105 cm³/mol. The van der Waals surface area contributed by atoms with E-state index in [4.69, 9.17) is 23.7 Å². The Hall–Kier alpha value is -2.47. The normalized spacial score (nSPS) is 26.5.